The van der Waals surface area contributed by atoms with Crippen LogP contribution in [0.1, 0.15) is 6.42 Å². The van der Waals surface area contributed by atoms with Crippen molar-refractivity contribution in [3.05, 3.63) is 30.3 Å². The SMILES string of the molecule is CN1CCN(C(=O)C[C@@H](N)CSc2ccccc2)CC1. The van der Waals surface area contributed by atoms with E-state index in [4.69, 9.17) is 5.73 Å². The van der Waals surface area contributed by atoms with E-state index in [2.05, 4.69) is 24.1 Å². The van der Waals surface area contributed by atoms with Gasteiger partial charge in [0.1, 0.15) is 0 Å². The summed E-state index contributed by atoms with van der Waals surface area (Å²) in [6.07, 6.45) is 0.448. The zero-order chi connectivity index (χ0) is 14.4. The standard InChI is InChI=1S/C15H23N3OS/c1-17-7-9-18(10-8-17)15(19)11-13(16)12-20-14-5-3-2-4-6-14/h2-6,13H,7-12,16H2,1H3/t13-/m1/s1. The van der Waals surface area contributed by atoms with Gasteiger partial charge in [0.2, 0.25) is 5.91 Å². The van der Waals surface area contributed by atoms with Crippen molar-refractivity contribution in [2.24, 2.45) is 5.73 Å². The van der Waals surface area contributed by atoms with E-state index >= 15 is 0 Å². The van der Waals surface area contributed by atoms with E-state index in [1.807, 2.05) is 23.1 Å². The van der Waals surface area contributed by atoms with Gasteiger partial charge in [0.05, 0.1) is 0 Å². The highest BCUT2D eigenvalue weighted by atomic mass is 32.2. The highest BCUT2D eigenvalue weighted by Crippen LogP contribution is 2.18. The molecule has 1 saturated heterocycles. The van der Waals surface area contributed by atoms with Crippen molar-refractivity contribution in [1.82, 2.24) is 9.80 Å². The van der Waals surface area contributed by atoms with Gasteiger partial charge in [0, 0.05) is 49.3 Å². The maximum atomic E-state index is 12.1. The predicted octanol–water partition coefficient (Wildman–Crippen LogP) is 1.27. The number of benzene rings is 1. The third-order valence-electron chi connectivity index (χ3n) is 3.50. The lowest BCUT2D eigenvalue weighted by molar-refractivity contribution is -0.133. The van der Waals surface area contributed by atoms with Gasteiger partial charge in [-0.1, -0.05) is 18.2 Å². The molecule has 4 nitrogen and oxygen atoms in total. The van der Waals surface area contributed by atoms with Crippen LogP contribution in [0.5, 0.6) is 0 Å². The summed E-state index contributed by atoms with van der Waals surface area (Å²) in [5.41, 5.74) is 6.08. The molecular weight excluding hydrogens is 270 g/mol. The minimum absolute atomic E-state index is 0.0765. The highest BCUT2D eigenvalue weighted by Gasteiger charge is 2.20. The molecule has 0 saturated carbocycles. The Balaban J connectivity index is 1.71. The van der Waals surface area contributed by atoms with Gasteiger partial charge in [-0.05, 0) is 19.2 Å². The van der Waals surface area contributed by atoms with Crippen molar-refractivity contribution >= 4 is 17.7 Å². The number of likely N-dealkylation sites (N-methyl/N-ethyl adjacent to an activating group) is 1. The number of hydrogen-bond donors (Lipinski definition) is 1. The second-order valence-corrected chi connectivity index (χ2v) is 6.37. The van der Waals surface area contributed by atoms with Gasteiger partial charge in [-0.2, -0.15) is 0 Å². The molecule has 1 fully saturated rings. The number of nitrogens with two attached hydrogens (primary N) is 1. The average Bonchev–Trinajstić information content (AvgIpc) is 2.47. The molecule has 0 bridgehead atoms. The Labute approximate surface area is 125 Å². The Bertz CT molecular complexity index is 418. The van der Waals surface area contributed by atoms with Gasteiger partial charge in [0.25, 0.3) is 0 Å². The van der Waals surface area contributed by atoms with Crippen LogP contribution in [0.3, 0.4) is 0 Å². The molecule has 5 heteroatoms. The summed E-state index contributed by atoms with van der Waals surface area (Å²) in [5, 5.41) is 0. The maximum Gasteiger partial charge on any atom is 0.224 e. The van der Waals surface area contributed by atoms with Gasteiger partial charge in [-0.3, -0.25) is 4.79 Å². The Morgan fingerprint density at radius 1 is 1.25 bits per heavy atom. The zero-order valence-corrected chi connectivity index (χ0v) is 12.8. The van der Waals surface area contributed by atoms with Crippen LogP contribution in [-0.4, -0.2) is 60.7 Å². The molecule has 1 heterocycles. The quantitative estimate of drug-likeness (QED) is 0.831. The summed E-state index contributed by atoms with van der Waals surface area (Å²) in [7, 11) is 2.09. The van der Waals surface area contributed by atoms with E-state index in [0.29, 0.717) is 6.42 Å². The van der Waals surface area contributed by atoms with Crippen LogP contribution in [0.25, 0.3) is 0 Å². The topological polar surface area (TPSA) is 49.6 Å². The molecule has 0 unspecified atom stereocenters. The summed E-state index contributed by atoms with van der Waals surface area (Å²) in [6.45, 7) is 3.57. The number of thioether (sulfide) groups is 1. The first-order valence-corrected chi connectivity index (χ1v) is 8.03. The third-order valence-corrected chi connectivity index (χ3v) is 4.70. The summed E-state index contributed by atoms with van der Waals surface area (Å²) < 4.78 is 0. The molecule has 1 aromatic carbocycles. The molecule has 2 rings (SSSR count). The summed E-state index contributed by atoms with van der Waals surface area (Å²) in [6, 6.07) is 10.1. The second kappa shape index (κ2) is 7.67. The van der Waals surface area contributed by atoms with Crippen LogP contribution in [-0.2, 0) is 4.79 Å². The second-order valence-electron chi connectivity index (χ2n) is 5.27. The van der Waals surface area contributed by atoms with Gasteiger partial charge in [-0.25, -0.2) is 0 Å². The van der Waals surface area contributed by atoms with E-state index in [9.17, 15) is 4.79 Å². The van der Waals surface area contributed by atoms with Gasteiger partial charge in [0.15, 0.2) is 0 Å². The molecule has 1 aromatic rings. The molecule has 110 valence electrons. The number of amides is 1. The maximum absolute atomic E-state index is 12.1. The van der Waals surface area contributed by atoms with Crippen LogP contribution in [0.2, 0.25) is 0 Å². The number of rotatable bonds is 5. The fourth-order valence-electron chi connectivity index (χ4n) is 2.19. The summed E-state index contributed by atoms with van der Waals surface area (Å²) in [4.78, 5) is 17.5. The third kappa shape index (κ3) is 4.81. The van der Waals surface area contributed by atoms with Gasteiger partial charge in [-0.15, -0.1) is 11.8 Å². The van der Waals surface area contributed by atoms with E-state index in [1.165, 1.54) is 4.90 Å². The fraction of sp³-hybridized carbons (Fsp3) is 0.533. The average molecular weight is 293 g/mol. The molecule has 1 aliphatic rings. The summed E-state index contributed by atoms with van der Waals surface area (Å²) in [5.74, 6) is 0.975. The number of carbonyl (C=O) groups is 1. The van der Waals surface area contributed by atoms with E-state index in [1.54, 1.807) is 11.8 Å². The van der Waals surface area contributed by atoms with Crippen molar-refractivity contribution in [3.8, 4) is 0 Å². The molecule has 0 aromatic heterocycles. The Kier molecular flexibility index (Phi) is 5.88. The van der Waals surface area contributed by atoms with E-state index in [-0.39, 0.29) is 11.9 Å². The van der Waals surface area contributed by atoms with E-state index in [0.717, 1.165) is 31.9 Å². The number of carbonyl (C=O) groups excluding carboxylic acids is 1. The molecule has 20 heavy (non-hydrogen) atoms. The molecular formula is C15H23N3OS. The first-order valence-electron chi connectivity index (χ1n) is 7.05. The van der Waals surface area contributed by atoms with Crippen molar-refractivity contribution in [2.75, 3.05) is 39.0 Å². The molecule has 0 radical (unpaired) electrons. The lowest BCUT2D eigenvalue weighted by Crippen LogP contribution is -2.48. The van der Waals surface area contributed by atoms with Crippen LogP contribution >= 0.6 is 11.8 Å². The van der Waals surface area contributed by atoms with Crippen molar-refractivity contribution < 1.29 is 4.79 Å². The van der Waals surface area contributed by atoms with Crippen LogP contribution in [0.15, 0.2) is 35.2 Å². The molecule has 0 aliphatic carbocycles. The lowest BCUT2D eigenvalue weighted by atomic mass is 10.2. The molecule has 1 atom stereocenters. The zero-order valence-electron chi connectivity index (χ0n) is 12.0. The first-order chi connectivity index (χ1) is 9.65. The number of piperazine rings is 1. The largest absolute Gasteiger partial charge is 0.340 e. The van der Waals surface area contributed by atoms with Crippen LogP contribution in [0.4, 0.5) is 0 Å². The predicted molar refractivity (Wildman–Crippen MR) is 83.8 cm³/mol. The van der Waals surface area contributed by atoms with Gasteiger partial charge >= 0.3 is 0 Å². The Morgan fingerprint density at radius 3 is 2.55 bits per heavy atom. The highest BCUT2D eigenvalue weighted by molar-refractivity contribution is 7.99. The summed E-state index contributed by atoms with van der Waals surface area (Å²) >= 11 is 1.71. The minimum atomic E-state index is -0.0765. The van der Waals surface area contributed by atoms with Crippen molar-refractivity contribution in [3.63, 3.8) is 0 Å². The monoisotopic (exact) mass is 293 g/mol. The molecule has 2 N–H and O–H groups in total. The first kappa shape index (κ1) is 15.4. The number of hydrogen-bond acceptors (Lipinski definition) is 4. The Morgan fingerprint density at radius 2 is 1.90 bits per heavy atom. The Hall–Kier alpha value is -1.04. The van der Waals surface area contributed by atoms with E-state index < -0.39 is 0 Å². The molecule has 1 amide bonds. The molecule has 1 aliphatic heterocycles. The van der Waals surface area contributed by atoms with Crippen molar-refractivity contribution in [1.29, 1.82) is 0 Å². The van der Waals surface area contributed by atoms with Crippen LogP contribution in [0, 0.1) is 0 Å². The minimum Gasteiger partial charge on any atom is -0.340 e. The fourth-order valence-corrected chi connectivity index (χ4v) is 3.06. The van der Waals surface area contributed by atoms with Crippen LogP contribution < -0.4 is 5.73 Å². The van der Waals surface area contributed by atoms with Gasteiger partial charge < -0.3 is 15.5 Å². The van der Waals surface area contributed by atoms with Crippen molar-refractivity contribution in [2.45, 2.75) is 17.4 Å². The molecule has 0 spiro atoms. The number of nitrogens with zero attached hydrogens (tertiary/aromatic N) is 2. The normalized spacial score (nSPS) is 18.0. The lowest BCUT2D eigenvalue weighted by Gasteiger charge is -2.33. The smallest absolute Gasteiger partial charge is 0.224 e.